The molecule has 3 aromatic rings. The van der Waals surface area contributed by atoms with Crippen molar-refractivity contribution in [1.29, 1.82) is 0 Å². The van der Waals surface area contributed by atoms with E-state index in [1.807, 2.05) is 31.2 Å². The number of anilines is 1. The summed E-state index contributed by atoms with van der Waals surface area (Å²) in [4.78, 5) is 11.8. The largest absolute Gasteiger partial charge is 0.455 e. The predicted molar refractivity (Wildman–Crippen MR) is 110 cm³/mol. The SMILES string of the molecule is Cc1ccc(-c2ccc(/C=N\NC(=O)CNc3ccc(Cl)cc3)o2)cc1Cl. The molecule has 0 radical (unpaired) electrons. The van der Waals surface area contributed by atoms with Crippen LogP contribution in [0.4, 0.5) is 5.69 Å². The van der Waals surface area contributed by atoms with E-state index in [4.69, 9.17) is 27.6 Å². The molecule has 0 aliphatic carbocycles. The second-order valence-corrected chi connectivity index (χ2v) is 6.66. The van der Waals surface area contributed by atoms with E-state index in [0.29, 0.717) is 21.6 Å². The Bertz CT molecular complexity index is 966. The number of nitrogens with zero attached hydrogens (tertiary/aromatic N) is 1. The fraction of sp³-hybridized carbons (Fsp3) is 0.100. The van der Waals surface area contributed by atoms with Crippen LogP contribution >= 0.6 is 23.2 Å². The zero-order chi connectivity index (χ0) is 19.2. The summed E-state index contributed by atoms with van der Waals surface area (Å²) < 4.78 is 5.70. The molecule has 0 fully saturated rings. The smallest absolute Gasteiger partial charge is 0.259 e. The molecule has 0 bridgehead atoms. The number of amides is 1. The van der Waals surface area contributed by atoms with E-state index < -0.39 is 0 Å². The van der Waals surface area contributed by atoms with Crippen LogP contribution in [-0.4, -0.2) is 18.7 Å². The Kier molecular flexibility index (Phi) is 6.16. The molecule has 1 heterocycles. The molecule has 0 atom stereocenters. The van der Waals surface area contributed by atoms with Crippen LogP contribution in [0.25, 0.3) is 11.3 Å². The molecule has 0 aliphatic rings. The van der Waals surface area contributed by atoms with Gasteiger partial charge < -0.3 is 9.73 Å². The molecule has 1 amide bonds. The van der Waals surface area contributed by atoms with Crippen LogP contribution in [0.3, 0.4) is 0 Å². The van der Waals surface area contributed by atoms with Gasteiger partial charge in [-0.3, -0.25) is 4.79 Å². The Balaban J connectivity index is 1.52. The number of hydrogen-bond donors (Lipinski definition) is 2. The number of carbonyl (C=O) groups excluding carboxylic acids is 1. The van der Waals surface area contributed by atoms with Crippen LogP contribution in [0, 0.1) is 6.92 Å². The third-order valence-corrected chi connectivity index (χ3v) is 4.42. The Hall–Kier alpha value is -2.76. The topological polar surface area (TPSA) is 66.6 Å². The summed E-state index contributed by atoms with van der Waals surface area (Å²) in [5.74, 6) is 0.917. The van der Waals surface area contributed by atoms with Gasteiger partial charge >= 0.3 is 0 Å². The number of aryl methyl sites for hydroxylation is 1. The average molecular weight is 402 g/mol. The van der Waals surface area contributed by atoms with E-state index >= 15 is 0 Å². The molecule has 5 nitrogen and oxygen atoms in total. The first kappa shape index (κ1) is 19.0. The minimum atomic E-state index is -0.279. The van der Waals surface area contributed by atoms with Crippen LogP contribution in [0.1, 0.15) is 11.3 Å². The molecule has 0 saturated heterocycles. The van der Waals surface area contributed by atoms with Gasteiger partial charge in [0.2, 0.25) is 0 Å². The molecule has 3 rings (SSSR count). The summed E-state index contributed by atoms with van der Waals surface area (Å²) in [6.45, 7) is 2.03. The second-order valence-electron chi connectivity index (χ2n) is 5.82. The second kappa shape index (κ2) is 8.75. The summed E-state index contributed by atoms with van der Waals surface area (Å²) in [5, 5.41) is 8.20. The van der Waals surface area contributed by atoms with Gasteiger partial charge in [-0.2, -0.15) is 5.10 Å². The zero-order valence-electron chi connectivity index (χ0n) is 14.5. The molecule has 0 saturated carbocycles. The quantitative estimate of drug-likeness (QED) is 0.444. The molecule has 2 aromatic carbocycles. The van der Waals surface area contributed by atoms with Crippen molar-refractivity contribution >= 4 is 41.0 Å². The van der Waals surface area contributed by atoms with Crippen LogP contribution in [0.5, 0.6) is 0 Å². The van der Waals surface area contributed by atoms with Gasteiger partial charge in [0, 0.05) is 21.3 Å². The van der Waals surface area contributed by atoms with Gasteiger partial charge in [0.05, 0.1) is 12.8 Å². The van der Waals surface area contributed by atoms with Crippen molar-refractivity contribution in [2.45, 2.75) is 6.92 Å². The first-order valence-electron chi connectivity index (χ1n) is 8.19. The highest BCUT2D eigenvalue weighted by Crippen LogP contribution is 2.26. The summed E-state index contributed by atoms with van der Waals surface area (Å²) in [7, 11) is 0. The van der Waals surface area contributed by atoms with Crippen molar-refractivity contribution in [1.82, 2.24) is 5.43 Å². The number of furan rings is 1. The lowest BCUT2D eigenvalue weighted by Crippen LogP contribution is -2.25. The monoisotopic (exact) mass is 401 g/mol. The first-order chi connectivity index (χ1) is 13.0. The number of halogens is 2. The molecular weight excluding hydrogens is 385 g/mol. The molecule has 27 heavy (non-hydrogen) atoms. The van der Waals surface area contributed by atoms with Gasteiger partial charge in [0.15, 0.2) is 0 Å². The summed E-state index contributed by atoms with van der Waals surface area (Å²) in [6.07, 6.45) is 1.44. The van der Waals surface area contributed by atoms with E-state index in [1.54, 1.807) is 30.3 Å². The maximum Gasteiger partial charge on any atom is 0.259 e. The molecule has 7 heteroatoms. The summed E-state index contributed by atoms with van der Waals surface area (Å²) in [6, 6.07) is 16.4. The van der Waals surface area contributed by atoms with Gasteiger partial charge in [-0.05, 0) is 55.0 Å². The van der Waals surface area contributed by atoms with Crippen molar-refractivity contribution in [2.75, 3.05) is 11.9 Å². The molecule has 2 N–H and O–H groups in total. The third kappa shape index (κ3) is 5.36. The van der Waals surface area contributed by atoms with Crippen molar-refractivity contribution < 1.29 is 9.21 Å². The van der Waals surface area contributed by atoms with E-state index in [2.05, 4.69) is 15.8 Å². The molecule has 0 spiro atoms. The average Bonchev–Trinajstić information content (AvgIpc) is 3.12. The number of rotatable bonds is 6. The molecule has 0 unspecified atom stereocenters. The number of hydrogen-bond acceptors (Lipinski definition) is 4. The van der Waals surface area contributed by atoms with Crippen LogP contribution in [0.2, 0.25) is 10.0 Å². The fourth-order valence-corrected chi connectivity index (χ4v) is 2.59. The van der Waals surface area contributed by atoms with E-state index in [1.165, 1.54) is 6.21 Å². The number of carbonyl (C=O) groups is 1. The van der Waals surface area contributed by atoms with Crippen molar-refractivity contribution in [3.63, 3.8) is 0 Å². The van der Waals surface area contributed by atoms with Crippen LogP contribution in [-0.2, 0) is 4.79 Å². The van der Waals surface area contributed by atoms with Gasteiger partial charge in [-0.15, -0.1) is 0 Å². The highest BCUT2D eigenvalue weighted by Gasteiger charge is 2.06. The van der Waals surface area contributed by atoms with Crippen LogP contribution < -0.4 is 10.7 Å². The molecular formula is C20H17Cl2N3O2. The van der Waals surface area contributed by atoms with Gasteiger partial charge in [0.25, 0.3) is 5.91 Å². The number of hydrazone groups is 1. The van der Waals surface area contributed by atoms with Gasteiger partial charge in [-0.1, -0.05) is 35.3 Å². The van der Waals surface area contributed by atoms with Gasteiger partial charge in [0.1, 0.15) is 11.5 Å². The standard InChI is InChI=1S/C20H17Cl2N3O2/c1-13-2-3-14(10-18(13)22)19-9-8-17(27-19)11-24-25-20(26)12-23-16-6-4-15(21)5-7-16/h2-11,23H,12H2,1H3,(H,25,26)/b24-11-. The van der Waals surface area contributed by atoms with E-state index in [0.717, 1.165) is 16.8 Å². The van der Waals surface area contributed by atoms with E-state index in [-0.39, 0.29) is 12.5 Å². The van der Waals surface area contributed by atoms with Crippen molar-refractivity contribution in [2.24, 2.45) is 5.10 Å². The molecule has 0 aliphatic heterocycles. The fourth-order valence-electron chi connectivity index (χ4n) is 2.28. The van der Waals surface area contributed by atoms with Crippen molar-refractivity contribution in [3.8, 4) is 11.3 Å². The lowest BCUT2D eigenvalue weighted by atomic mass is 10.1. The summed E-state index contributed by atoms with van der Waals surface area (Å²) >= 11 is 12.0. The normalized spacial score (nSPS) is 10.9. The Labute approximate surface area is 167 Å². The predicted octanol–water partition coefficient (Wildman–Crippen LogP) is 5.12. The minimum Gasteiger partial charge on any atom is -0.455 e. The third-order valence-electron chi connectivity index (χ3n) is 3.76. The lowest BCUT2D eigenvalue weighted by molar-refractivity contribution is -0.119. The number of nitrogens with one attached hydrogen (secondary N) is 2. The van der Waals surface area contributed by atoms with E-state index in [9.17, 15) is 4.79 Å². The maximum absolute atomic E-state index is 11.8. The first-order valence-corrected chi connectivity index (χ1v) is 8.94. The van der Waals surface area contributed by atoms with Gasteiger partial charge in [-0.25, -0.2) is 5.43 Å². The number of benzene rings is 2. The lowest BCUT2D eigenvalue weighted by Gasteiger charge is -2.04. The molecule has 138 valence electrons. The summed E-state index contributed by atoms with van der Waals surface area (Å²) in [5.41, 5.74) is 5.12. The minimum absolute atomic E-state index is 0.0875. The highest BCUT2D eigenvalue weighted by molar-refractivity contribution is 6.31. The Morgan fingerprint density at radius 2 is 1.89 bits per heavy atom. The highest BCUT2D eigenvalue weighted by atomic mass is 35.5. The zero-order valence-corrected chi connectivity index (χ0v) is 16.0. The molecule has 1 aromatic heterocycles. The Morgan fingerprint density at radius 3 is 2.63 bits per heavy atom. The van der Waals surface area contributed by atoms with Crippen molar-refractivity contribution in [3.05, 3.63) is 76.0 Å². The Morgan fingerprint density at radius 1 is 1.11 bits per heavy atom. The maximum atomic E-state index is 11.8. The van der Waals surface area contributed by atoms with Crippen LogP contribution in [0.15, 0.2) is 64.1 Å².